The second kappa shape index (κ2) is 5.92. The molecule has 0 spiro atoms. The summed E-state index contributed by atoms with van der Waals surface area (Å²) in [4.78, 5) is 27.8. The largest absolute Gasteiger partial charge is 0.342 e. The van der Waals surface area contributed by atoms with Crippen molar-refractivity contribution in [2.45, 2.75) is 6.54 Å². The number of nitrogens with one attached hydrogen (secondary N) is 2. The van der Waals surface area contributed by atoms with Crippen LogP contribution in [0, 0.1) is 0 Å². The first-order valence-electron chi connectivity index (χ1n) is 7.34. The highest BCUT2D eigenvalue weighted by Crippen LogP contribution is 2.07. The third-order valence-corrected chi connectivity index (χ3v) is 3.44. The molecule has 0 aliphatic rings. The Morgan fingerprint density at radius 1 is 1.12 bits per heavy atom. The maximum atomic E-state index is 12.2. The lowest BCUT2D eigenvalue weighted by Gasteiger charge is -2.00. The molecule has 0 aliphatic carbocycles. The van der Waals surface area contributed by atoms with Crippen molar-refractivity contribution < 1.29 is 4.79 Å². The van der Waals surface area contributed by atoms with E-state index in [1.807, 2.05) is 42.5 Å². The van der Waals surface area contributed by atoms with Crippen LogP contribution >= 0.6 is 0 Å². The van der Waals surface area contributed by atoms with Crippen LogP contribution in [0.3, 0.4) is 0 Å². The van der Waals surface area contributed by atoms with Crippen molar-refractivity contribution in [2.75, 3.05) is 0 Å². The Bertz CT molecular complexity index is 957. The van der Waals surface area contributed by atoms with Gasteiger partial charge in [-0.3, -0.25) is 4.79 Å². The van der Waals surface area contributed by atoms with Crippen LogP contribution in [0.2, 0.25) is 0 Å². The molecule has 0 fully saturated rings. The zero-order valence-corrected chi connectivity index (χ0v) is 12.5. The number of rotatable bonds is 4. The molecule has 8 heteroatoms. The Morgan fingerprint density at radius 2 is 2.00 bits per heavy atom. The first kappa shape index (κ1) is 14.1. The van der Waals surface area contributed by atoms with Gasteiger partial charge in [0.2, 0.25) is 5.82 Å². The van der Waals surface area contributed by atoms with Crippen LogP contribution in [-0.2, 0) is 6.54 Å². The highest BCUT2D eigenvalue weighted by atomic mass is 16.2. The van der Waals surface area contributed by atoms with Gasteiger partial charge in [0.1, 0.15) is 12.2 Å². The molecule has 1 amide bonds. The summed E-state index contributed by atoms with van der Waals surface area (Å²) >= 11 is 0. The summed E-state index contributed by atoms with van der Waals surface area (Å²) in [6, 6.07) is 13.2. The lowest BCUT2D eigenvalue weighted by molar-refractivity contribution is 0.0939. The minimum atomic E-state index is -0.363. The minimum absolute atomic E-state index is 0.105. The number of nitrogens with zero attached hydrogens (tertiary/aromatic N) is 5. The molecule has 4 rings (SSSR count). The van der Waals surface area contributed by atoms with Gasteiger partial charge in [-0.1, -0.05) is 18.2 Å². The zero-order chi connectivity index (χ0) is 16.4. The number of fused-ring (bicyclic) bond motifs is 1. The minimum Gasteiger partial charge on any atom is -0.342 e. The number of benzene rings is 1. The third-order valence-electron chi connectivity index (χ3n) is 3.44. The van der Waals surface area contributed by atoms with Gasteiger partial charge in [0, 0.05) is 6.20 Å². The van der Waals surface area contributed by atoms with Crippen LogP contribution < -0.4 is 5.32 Å². The van der Waals surface area contributed by atoms with E-state index >= 15 is 0 Å². The van der Waals surface area contributed by atoms with E-state index < -0.39 is 0 Å². The normalized spacial score (nSPS) is 10.8. The van der Waals surface area contributed by atoms with E-state index in [-0.39, 0.29) is 18.3 Å². The molecule has 0 aliphatic heterocycles. The molecule has 0 saturated carbocycles. The number of imidazole rings is 1. The Balaban J connectivity index is 1.45. The molecule has 4 aromatic rings. The molecule has 0 radical (unpaired) electrons. The summed E-state index contributed by atoms with van der Waals surface area (Å²) in [6.07, 6.45) is 3.18. The number of para-hydroxylation sites is 1. The van der Waals surface area contributed by atoms with Gasteiger partial charge in [0.15, 0.2) is 5.65 Å². The van der Waals surface area contributed by atoms with Gasteiger partial charge < -0.3 is 10.3 Å². The van der Waals surface area contributed by atoms with Crippen molar-refractivity contribution in [3.8, 4) is 5.69 Å². The standard InChI is InChI=1S/C16H13N7O/c24-16(15-19-10-23(22-15)11-5-2-1-3-6-11)18-9-13-20-12-7-4-8-17-14(12)21-13/h1-8,10H,9H2,(H,18,24)(H,17,20,21). The quantitative estimate of drug-likeness (QED) is 0.593. The second-order valence-corrected chi connectivity index (χ2v) is 5.09. The maximum absolute atomic E-state index is 12.2. The Morgan fingerprint density at radius 3 is 2.83 bits per heavy atom. The van der Waals surface area contributed by atoms with Crippen molar-refractivity contribution in [1.29, 1.82) is 0 Å². The van der Waals surface area contributed by atoms with Gasteiger partial charge in [-0.05, 0) is 24.3 Å². The second-order valence-electron chi connectivity index (χ2n) is 5.09. The fourth-order valence-corrected chi connectivity index (χ4v) is 2.29. The fourth-order valence-electron chi connectivity index (χ4n) is 2.29. The Kier molecular flexibility index (Phi) is 3.47. The van der Waals surface area contributed by atoms with Crippen molar-refractivity contribution >= 4 is 17.1 Å². The van der Waals surface area contributed by atoms with Gasteiger partial charge in [-0.2, -0.15) is 0 Å². The molecular formula is C16H13N7O. The summed E-state index contributed by atoms with van der Waals surface area (Å²) in [5.41, 5.74) is 2.29. The molecule has 3 aromatic heterocycles. The summed E-state index contributed by atoms with van der Waals surface area (Å²) < 4.78 is 1.56. The first-order valence-corrected chi connectivity index (χ1v) is 7.34. The maximum Gasteiger partial charge on any atom is 0.291 e. The Labute approximate surface area is 136 Å². The van der Waals surface area contributed by atoms with Crippen molar-refractivity contribution in [3.05, 3.63) is 66.6 Å². The van der Waals surface area contributed by atoms with Crippen molar-refractivity contribution in [2.24, 2.45) is 0 Å². The van der Waals surface area contributed by atoms with Crippen molar-refractivity contribution in [1.82, 2.24) is 35.0 Å². The van der Waals surface area contributed by atoms with E-state index in [1.165, 1.54) is 6.33 Å². The van der Waals surface area contributed by atoms with Crippen LogP contribution in [0.4, 0.5) is 0 Å². The van der Waals surface area contributed by atoms with Crippen molar-refractivity contribution in [3.63, 3.8) is 0 Å². The van der Waals surface area contributed by atoms with E-state index in [9.17, 15) is 4.79 Å². The van der Waals surface area contributed by atoms with Crippen LogP contribution in [0.15, 0.2) is 55.0 Å². The summed E-state index contributed by atoms with van der Waals surface area (Å²) in [5.74, 6) is 0.366. The number of amides is 1. The number of pyridine rings is 1. The molecule has 1 aromatic carbocycles. The summed E-state index contributed by atoms with van der Waals surface area (Å²) in [5, 5.41) is 6.93. The molecule has 2 N–H and O–H groups in total. The number of hydrogen-bond donors (Lipinski definition) is 2. The summed E-state index contributed by atoms with van der Waals surface area (Å²) in [6.45, 7) is 0.245. The van der Waals surface area contributed by atoms with Crippen LogP contribution in [0.5, 0.6) is 0 Å². The molecule has 0 atom stereocenters. The van der Waals surface area contributed by atoms with E-state index in [0.29, 0.717) is 11.5 Å². The van der Waals surface area contributed by atoms with Gasteiger partial charge in [-0.25, -0.2) is 19.6 Å². The number of H-pyrrole nitrogens is 1. The van der Waals surface area contributed by atoms with E-state index in [0.717, 1.165) is 11.2 Å². The van der Waals surface area contributed by atoms with Crippen LogP contribution in [0.25, 0.3) is 16.9 Å². The number of aromatic nitrogens is 6. The Hall–Kier alpha value is -3.55. The molecule has 0 saturated heterocycles. The average Bonchev–Trinajstić information content (AvgIpc) is 3.27. The zero-order valence-electron chi connectivity index (χ0n) is 12.5. The third kappa shape index (κ3) is 2.72. The smallest absolute Gasteiger partial charge is 0.291 e. The van der Waals surface area contributed by atoms with Gasteiger partial charge in [0.25, 0.3) is 5.91 Å². The number of carbonyl (C=O) groups excluding carboxylic acids is 1. The molecule has 0 unspecified atom stereocenters. The van der Waals surface area contributed by atoms with E-state index in [1.54, 1.807) is 10.9 Å². The molecular weight excluding hydrogens is 306 g/mol. The van der Waals surface area contributed by atoms with Gasteiger partial charge in [-0.15, -0.1) is 5.10 Å². The predicted molar refractivity (Wildman–Crippen MR) is 86.4 cm³/mol. The number of hydrogen-bond acceptors (Lipinski definition) is 5. The van der Waals surface area contributed by atoms with Crippen LogP contribution in [0.1, 0.15) is 16.4 Å². The average molecular weight is 319 g/mol. The monoisotopic (exact) mass is 319 g/mol. The SMILES string of the molecule is O=C(NCc1nc2ncccc2[nH]1)c1ncn(-c2ccccc2)n1. The van der Waals surface area contributed by atoms with E-state index in [4.69, 9.17) is 0 Å². The topological polar surface area (TPSA) is 101 Å². The molecule has 8 nitrogen and oxygen atoms in total. The molecule has 118 valence electrons. The lowest BCUT2D eigenvalue weighted by atomic mass is 10.3. The lowest BCUT2D eigenvalue weighted by Crippen LogP contribution is -2.24. The fraction of sp³-hybridized carbons (Fsp3) is 0.0625. The molecule has 0 bridgehead atoms. The predicted octanol–water partition coefficient (Wildman–Crippen LogP) is 1.47. The number of aromatic amines is 1. The highest BCUT2D eigenvalue weighted by Gasteiger charge is 2.13. The van der Waals surface area contributed by atoms with Gasteiger partial charge >= 0.3 is 0 Å². The number of carbonyl (C=O) groups is 1. The molecule has 3 heterocycles. The molecule has 24 heavy (non-hydrogen) atoms. The van der Waals surface area contributed by atoms with E-state index in [2.05, 4.69) is 30.4 Å². The highest BCUT2D eigenvalue weighted by molar-refractivity contribution is 5.90. The van der Waals surface area contributed by atoms with Crippen LogP contribution in [-0.4, -0.2) is 35.6 Å². The summed E-state index contributed by atoms with van der Waals surface area (Å²) in [7, 11) is 0. The first-order chi connectivity index (χ1) is 11.8. The van der Waals surface area contributed by atoms with Gasteiger partial charge in [0.05, 0.1) is 17.7 Å².